The first-order valence-corrected chi connectivity index (χ1v) is 6.44. The monoisotopic (exact) mass is 243 g/mol. The van der Waals surface area contributed by atoms with Crippen molar-refractivity contribution in [1.29, 1.82) is 0 Å². The third kappa shape index (κ3) is 2.62. The molecule has 0 fully saturated rings. The molecular weight excluding hydrogens is 222 g/mol. The quantitative estimate of drug-likeness (QED) is 0.897. The number of hydrogen-bond acceptors (Lipinski definition) is 2. The number of nitrogens with zero attached hydrogens (tertiary/aromatic N) is 2. The first-order valence-electron chi connectivity index (χ1n) is 6.44. The molecule has 0 spiro atoms. The molecule has 1 aromatic heterocycles. The maximum absolute atomic E-state index is 6.33. The maximum atomic E-state index is 6.33. The van der Waals surface area contributed by atoms with E-state index < -0.39 is 0 Å². The fraction of sp³-hybridized carbons (Fsp3) is 0.400. The first-order chi connectivity index (χ1) is 8.61. The number of nitrogens with two attached hydrogens (primary N) is 1. The number of aromatic nitrogens is 2. The molecule has 2 N–H and O–H groups in total. The second kappa shape index (κ2) is 5.36. The fourth-order valence-corrected chi connectivity index (χ4v) is 2.29. The third-order valence-corrected chi connectivity index (χ3v) is 3.35. The van der Waals surface area contributed by atoms with Gasteiger partial charge in [0.05, 0.1) is 0 Å². The Bertz CT molecular complexity index is 528. The molecule has 0 saturated heterocycles. The zero-order chi connectivity index (χ0) is 13.1. The van der Waals surface area contributed by atoms with Gasteiger partial charge in [-0.15, -0.1) is 0 Å². The second-order valence-electron chi connectivity index (χ2n) is 4.82. The topological polar surface area (TPSA) is 43.8 Å². The van der Waals surface area contributed by atoms with Gasteiger partial charge in [0.25, 0.3) is 0 Å². The number of benzene rings is 1. The highest BCUT2D eigenvalue weighted by Crippen LogP contribution is 2.19. The molecule has 1 aromatic carbocycles. The summed E-state index contributed by atoms with van der Waals surface area (Å²) in [6.45, 7) is 7.11. The van der Waals surface area contributed by atoms with Crippen LogP contribution >= 0.6 is 0 Å². The summed E-state index contributed by atoms with van der Waals surface area (Å²) in [5, 5.41) is 0. The summed E-state index contributed by atoms with van der Waals surface area (Å²) in [5.41, 5.74) is 10.1. The van der Waals surface area contributed by atoms with Gasteiger partial charge >= 0.3 is 0 Å². The lowest BCUT2D eigenvalue weighted by Crippen LogP contribution is -2.19. The Labute approximate surface area is 109 Å². The van der Waals surface area contributed by atoms with E-state index in [0.717, 1.165) is 18.8 Å². The van der Waals surface area contributed by atoms with Gasteiger partial charge in [-0.05, 0) is 25.0 Å². The zero-order valence-electron chi connectivity index (χ0n) is 11.4. The smallest absolute Gasteiger partial charge is 0.108 e. The molecule has 0 aliphatic heterocycles. The van der Waals surface area contributed by atoms with Gasteiger partial charge in [0.15, 0.2) is 0 Å². The second-order valence-corrected chi connectivity index (χ2v) is 4.82. The van der Waals surface area contributed by atoms with Gasteiger partial charge in [0, 0.05) is 31.4 Å². The van der Waals surface area contributed by atoms with E-state index in [2.05, 4.69) is 48.5 Å². The van der Waals surface area contributed by atoms with E-state index >= 15 is 0 Å². The van der Waals surface area contributed by atoms with Gasteiger partial charge in [-0.3, -0.25) is 0 Å². The molecule has 0 aliphatic rings. The standard InChI is InChI=1S/C15H21N3/c1-4-15-17-7-8-18(15)10-14(16)13-9-11(2)5-6-12(13)3/h5-9,14H,4,10,16H2,1-3H3. The number of hydrogen-bond donors (Lipinski definition) is 1. The Balaban J connectivity index is 2.21. The van der Waals surface area contributed by atoms with Crippen molar-refractivity contribution < 1.29 is 0 Å². The van der Waals surface area contributed by atoms with Crippen LogP contribution in [0.4, 0.5) is 0 Å². The van der Waals surface area contributed by atoms with Crippen molar-refractivity contribution in [3.05, 3.63) is 53.1 Å². The Morgan fingerprint density at radius 3 is 2.83 bits per heavy atom. The van der Waals surface area contributed by atoms with Crippen LogP contribution in [0.25, 0.3) is 0 Å². The molecular formula is C15H21N3. The molecule has 1 heterocycles. The van der Waals surface area contributed by atoms with E-state index in [1.165, 1.54) is 16.7 Å². The summed E-state index contributed by atoms with van der Waals surface area (Å²) < 4.78 is 2.15. The molecule has 1 atom stereocenters. The van der Waals surface area contributed by atoms with Crippen molar-refractivity contribution in [3.63, 3.8) is 0 Å². The van der Waals surface area contributed by atoms with E-state index in [-0.39, 0.29) is 6.04 Å². The highest BCUT2D eigenvalue weighted by Gasteiger charge is 2.11. The van der Waals surface area contributed by atoms with Crippen LogP contribution < -0.4 is 5.73 Å². The molecule has 96 valence electrons. The molecule has 0 aliphatic carbocycles. The number of rotatable bonds is 4. The highest BCUT2D eigenvalue weighted by atomic mass is 15.1. The van der Waals surface area contributed by atoms with Gasteiger partial charge in [-0.2, -0.15) is 0 Å². The zero-order valence-corrected chi connectivity index (χ0v) is 11.4. The maximum Gasteiger partial charge on any atom is 0.108 e. The summed E-state index contributed by atoms with van der Waals surface area (Å²) in [6.07, 6.45) is 4.78. The van der Waals surface area contributed by atoms with Gasteiger partial charge in [-0.1, -0.05) is 30.7 Å². The SMILES string of the molecule is CCc1nccn1CC(N)c1cc(C)ccc1C. The average molecular weight is 243 g/mol. The fourth-order valence-electron chi connectivity index (χ4n) is 2.29. The summed E-state index contributed by atoms with van der Waals surface area (Å²) in [6, 6.07) is 6.46. The lowest BCUT2D eigenvalue weighted by Gasteiger charge is -2.17. The van der Waals surface area contributed by atoms with Crippen LogP contribution in [0.1, 0.15) is 35.5 Å². The van der Waals surface area contributed by atoms with Crippen LogP contribution in [0.3, 0.4) is 0 Å². The van der Waals surface area contributed by atoms with Crippen LogP contribution in [0.5, 0.6) is 0 Å². The van der Waals surface area contributed by atoms with Crippen molar-refractivity contribution >= 4 is 0 Å². The van der Waals surface area contributed by atoms with E-state index in [9.17, 15) is 0 Å². The molecule has 3 nitrogen and oxygen atoms in total. The molecule has 3 heteroatoms. The number of imidazole rings is 1. The van der Waals surface area contributed by atoms with Crippen molar-refractivity contribution in [3.8, 4) is 0 Å². The molecule has 18 heavy (non-hydrogen) atoms. The molecule has 1 unspecified atom stereocenters. The summed E-state index contributed by atoms with van der Waals surface area (Å²) in [5.74, 6) is 1.09. The van der Waals surface area contributed by atoms with Crippen LogP contribution in [-0.2, 0) is 13.0 Å². The van der Waals surface area contributed by atoms with E-state index in [0.29, 0.717) is 0 Å². The molecule has 2 aromatic rings. The van der Waals surface area contributed by atoms with Crippen molar-refractivity contribution in [2.45, 2.75) is 39.8 Å². The largest absolute Gasteiger partial charge is 0.333 e. The third-order valence-electron chi connectivity index (χ3n) is 3.35. The van der Waals surface area contributed by atoms with Gasteiger partial charge in [0.2, 0.25) is 0 Å². The van der Waals surface area contributed by atoms with Gasteiger partial charge < -0.3 is 10.3 Å². The first kappa shape index (κ1) is 12.8. The Kier molecular flexibility index (Phi) is 3.82. The predicted octanol–water partition coefficient (Wildman–Crippen LogP) is 2.76. The minimum Gasteiger partial charge on any atom is -0.333 e. The summed E-state index contributed by atoms with van der Waals surface area (Å²) >= 11 is 0. The lowest BCUT2D eigenvalue weighted by molar-refractivity contribution is 0.555. The molecule has 2 rings (SSSR count). The molecule has 0 amide bonds. The average Bonchev–Trinajstić information content (AvgIpc) is 2.79. The van der Waals surface area contributed by atoms with Crippen LogP contribution in [0.15, 0.2) is 30.6 Å². The lowest BCUT2D eigenvalue weighted by atomic mass is 9.99. The number of aryl methyl sites for hydroxylation is 3. The predicted molar refractivity (Wildman–Crippen MR) is 74.4 cm³/mol. The van der Waals surface area contributed by atoms with Gasteiger partial charge in [0.1, 0.15) is 5.82 Å². The van der Waals surface area contributed by atoms with Crippen LogP contribution in [-0.4, -0.2) is 9.55 Å². The van der Waals surface area contributed by atoms with E-state index in [1.807, 2.05) is 12.4 Å². The Hall–Kier alpha value is -1.61. The molecule has 0 radical (unpaired) electrons. The molecule has 0 saturated carbocycles. The minimum atomic E-state index is 0.0180. The van der Waals surface area contributed by atoms with Gasteiger partial charge in [-0.25, -0.2) is 4.98 Å². The molecule has 0 bridgehead atoms. The Morgan fingerprint density at radius 2 is 2.11 bits per heavy atom. The Morgan fingerprint density at radius 1 is 1.33 bits per heavy atom. The van der Waals surface area contributed by atoms with Crippen molar-refractivity contribution in [2.75, 3.05) is 0 Å². The normalized spacial score (nSPS) is 12.7. The van der Waals surface area contributed by atoms with Crippen molar-refractivity contribution in [1.82, 2.24) is 9.55 Å². The van der Waals surface area contributed by atoms with E-state index in [1.54, 1.807) is 0 Å². The van der Waals surface area contributed by atoms with E-state index in [4.69, 9.17) is 5.73 Å². The van der Waals surface area contributed by atoms with Crippen LogP contribution in [0, 0.1) is 13.8 Å². The summed E-state index contributed by atoms with van der Waals surface area (Å²) in [4.78, 5) is 4.33. The van der Waals surface area contributed by atoms with Crippen LogP contribution in [0.2, 0.25) is 0 Å². The minimum absolute atomic E-state index is 0.0180. The van der Waals surface area contributed by atoms with Crippen molar-refractivity contribution in [2.24, 2.45) is 5.73 Å². The summed E-state index contributed by atoms with van der Waals surface area (Å²) in [7, 11) is 0. The highest BCUT2D eigenvalue weighted by molar-refractivity contribution is 5.32.